The van der Waals surface area contributed by atoms with E-state index in [1.807, 2.05) is 0 Å². The second kappa shape index (κ2) is 7.13. The Kier molecular flexibility index (Phi) is 4.87. The molecule has 1 unspecified atom stereocenters. The zero-order chi connectivity index (χ0) is 19.4. The van der Waals surface area contributed by atoms with Crippen LogP contribution in [0.3, 0.4) is 0 Å². The largest absolute Gasteiger partial charge is 0.393 e. The van der Waals surface area contributed by atoms with Crippen LogP contribution >= 0.6 is 0 Å². The summed E-state index contributed by atoms with van der Waals surface area (Å²) in [6.45, 7) is 5.78. The molecule has 0 heterocycles. The van der Waals surface area contributed by atoms with Gasteiger partial charge in [-0.1, -0.05) is 44.2 Å². The van der Waals surface area contributed by atoms with Crippen LogP contribution in [0, 0.1) is 34.5 Å². The van der Waals surface area contributed by atoms with E-state index < -0.39 is 0 Å². The predicted molar refractivity (Wildman–Crippen MR) is 113 cm³/mol. The van der Waals surface area contributed by atoms with Crippen molar-refractivity contribution in [3.05, 3.63) is 35.9 Å². The van der Waals surface area contributed by atoms with Crippen LogP contribution in [0.1, 0.15) is 77.2 Å². The molecule has 154 valence electrons. The van der Waals surface area contributed by atoms with Crippen LogP contribution in [0.2, 0.25) is 0 Å². The third-order valence-corrected chi connectivity index (χ3v) is 9.90. The minimum absolute atomic E-state index is 0.0499. The molecule has 4 fully saturated rings. The van der Waals surface area contributed by atoms with Crippen LogP contribution in [0.25, 0.3) is 0 Å². The van der Waals surface area contributed by atoms with Gasteiger partial charge in [-0.15, -0.1) is 0 Å². The van der Waals surface area contributed by atoms with E-state index in [1.165, 1.54) is 56.9 Å². The Labute approximate surface area is 171 Å². The average molecular weight is 383 g/mol. The molecule has 2 nitrogen and oxygen atoms in total. The molecule has 1 aromatic carbocycles. The van der Waals surface area contributed by atoms with Gasteiger partial charge in [-0.2, -0.15) is 0 Å². The molecule has 1 aromatic rings. The molecule has 0 aliphatic heterocycles. The molecule has 4 aliphatic rings. The van der Waals surface area contributed by atoms with Crippen LogP contribution in [-0.4, -0.2) is 17.3 Å². The topological polar surface area (TPSA) is 29.5 Å². The third-order valence-electron chi connectivity index (χ3n) is 9.90. The fourth-order valence-corrected chi connectivity index (χ4v) is 8.13. The molecule has 5 rings (SSSR count). The summed E-state index contributed by atoms with van der Waals surface area (Å²) in [7, 11) is 0. The normalized spacial score (nSPS) is 47.8. The molecular weight excluding hydrogens is 344 g/mol. The van der Waals surface area contributed by atoms with Gasteiger partial charge in [-0.25, -0.2) is 0 Å². The van der Waals surface area contributed by atoms with E-state index in [0.717, 1.165) is 36.7 Å². The van der Waals surface area contributed by atoms with Crippen molar-refractivity contribution in [2.24, 2.45) is 34.5 Å². The van der Waals surface area contributed by atoms with Crippen LogP contribution in [0.4, 0.5) is 0 Å². The molecule has 2 heteroatoms. The van der Waals surface area contributed by atoms with Gasteiger partial charge in [0.15, 0.2) is 0 Å². The molecule has 0 saturated heterocycles. The van der Waals surface area contributed by atoms with Crippen molar-refractivity contribution in [2.75, 3.05) is 0 Å². The number of ether oxygens (including phenoxy) is 1. The zero-order valence-corrected chi connectivity index (χ0v) is 17.8. The van der Waals surface area contributed by atoms with Crippen LogP contribution in [0.5, 0.6) is 0 Å². The summed E-state index contributed by atoms with van der Waals surface area (Å²) >= 11 is 0. The van der Waals surface area contributed by atoms with Gasteiger partial charge >= 0.3 is 0 Å². The van der Waals surface area contributed by atoms with Crippen molar-refractivity contribution in [2.45, 2.75) is 90.4 Å². The quantitative estimate of drug-likeness (QED) is 0.697. The summed E-state index contributed by atoms with van der Waals surface area (Å²) in [6.07, 6.45) is 11.9. The first kappa shape index (κ1) is 19.1. The summed E-state index contributed by atoms with van der Waals surface area (Å²) in [5.41, 5.74) is 2.01. The van der Waals surface area contributed by atoms with E-state index in [2.05, 4.69) is 44.2 Å². The van der Waals surface area contributed by atoms with Gasteiger partial charge in [-0.3, -0.25) is 0 Å². The molecule has 0 bridgehead atoms. The van der Waals surface area contributed by atoms with Gasteiger partial charge in [0, 0.05) is 0 Å². The summed E-state index contributed by atoms with van der Waals surface area (Å²) < 4.78 is 6.37. The Bertz CT molecular complexity index is 687. The highest BCUT2D eigenvalue weighted by molar-refractivity contribution is 5.14. The van der Waals surface area contributed by atoms with Gasteiger partial charge in [0.05, 0.1) is 18.8 Å². The molecular formula is C26H38O2. The highest BCUT2D eigenvalue weighted by Gasteiger charge is 2.60. The molecule has 0 aromatic heterocycles. The number of rotatable bonds is 3. The lowest BCUT2D eigenvalue weighted by molar-refractivity contribution is -0.142. The Balaban J connectivity index is 1.26. The Hall–Kier alpha value is -0.860. The number of hydrogen-bond donors (Lipinski definition) is 1. The molecule has 0 amide bonds. The van der Waals surface area contributed by atoms with Gasteiger partial charge in [0.25, 0.3) is 0 Å². The van der Waals surface area contributed by atoms with E-state index in [0.29, 0.717) is 11.5 Å². The number of fused-ring (bicyclic) bond motifs is 5. The highest BCUT2D eigenvalue weighted by Crippen LogP contribution is 2.66. The molecule has 0 radical (unpaired) electrons. The second-order valence-electron chi connectivity index (χ2n) is 11.0. The average Bonchev–Trinajstić information content (AvgIpc) is 3.02. The monoisotopic (exact) mass is 382 g/mol. The lowest BCUT2D eigenvalue weighted by Crippen LogP contribution is -2.54. The van der Waals surface area contributed by atoms with Crippen LogP contribution in [0.15, 0.2) is 30.3 Å². The fourth-order valence-electron chi connectivity index (χ4n) is 8.13. The lowest BCUT2D eigenvalue weighted by Gasteiger charge is -2.60. The molecule has 1 N–H and O–H groups in total. The first-order valence-electron chi connectivity index (χ1n) is 11.8. The van der Waals surface area contributed by atoms with E-state index in [1.54, 1.807) is 0 Å². The maximum absolute atomic E-state index is 10.6. The van der Waals surface area contributed by atoms with Crippen molar-refractivity contribution < 1.29 is 9.84 Å². The van der Waals surface area contributed by atoms with E-state index >= 15 is 0 Å². The minimum atomic E-state index is -0.0499. The van der Waals surface area contributed by atoms with Crippen molar-refractivity contribution in [1.29, 1.82) is 0 Å². The zero-order valence-electron chi connectivity index (χ0n) is 17.8. The first-order chi connectivity index (χ1) is 13.5. The van der Waals surface area contributed by atoms with Gasteiger partial charge in [-0.05, 0) is 97.9 Å². The minimum Gasteiger partial charge on any atom is -0.393 e. The highest BCUT2D eigenvalue weighted by atomic mass is 16.5. The molecule has 4 aliphatic carbocycles. The maximum Gasteiger partial charge on any atom is 0.0720 e. The molecule has 8 atom stereocenters. The standard InChI is InChI=1S/C26H38O2/c1-25-14-12-20(28-17-18-6-4-3-5-7-18)16-19(25)8-9-21-22-10-11-24(27)26(22,2)15-13-23(21)25/h3-7,19-24,27H,8-17H2,1-2H3/t19-,20-,21?,22+,23-,24-,25-,26+/m0/s1. The van der Waals surface area contributed by atoms with E-state index in [9.17, 15) is 5.11 Å². The molecule has 0 spiro atoms. The molecule has 4 saturated carbocycles. The number of aliphatic hydroxyl groups is 1. The number of hydrogen-bond acceptors (Lipinski definition) is 2. The predicted octanol–water partition coefficient (Wildman–Crippen LogP) is 5.98. The summed E-state index contributed by atoms with van der Waals surface area (Å²) in [5.74, 6) is 3.34. The van der Waals surface area contributed by atoms with E-state index in [4.69, 9.17) is 4.74 Å². The van der Waals surface area contributed by atoms with Gasteiger partial charge in [0.2, 0.25) is 0 Å². The Morgan fingerprint density at radius 2 is 1.64 bits per heavy atom. The third kappa shape index (κ3) is 2.98. The molecule has 28 heavy (non-hydrogen) atoms. The van der Waals surface area contributed by atoms with Gasteiger partial charge in [0.1, 0.15) is 0 Å². The van der Waals surface area contributed by atoms with Crippen molar-refractivity contribution in [1.82, 2.24) is 0 Å². The Morgan fingerprint density at radius 3 is 2.46 bits per heavy atom. The number of benzene rings is 1. The first-order valence-corrected chi connectivity index (χ1v) is 11.8. The van der Waals surface area contributed by atoms with Crippen LogP contribution < -0.4 is 0 Å². The smallest absolute Gasteiger partial charge is 0.0720 e. The maximum atomic E-state index is 10.6. The fraction of sp³-hybridized carbons (Fsp3) is 0.769. The van der Waals surface area contributed by atoms with Crippen molar-refractivity contribution >= 4 is 0 Å². The lowest BCUT2D eigenvalue weighted by atomic mass is 9.45. The SMILES string of the molecule is C[C@]12CC[C@H](OCc3ccccc3)C[C@@H]1CCC1[C@H]3CC[C@H](O)[C@]3(C)CC[C@@H]12. The number of aliphatic hydroxyl groups excluding tert-OH is 1. The Morgan fingerprint density at radius 1 is 0.893 bits per heavy atom. The van der Waals surface area contributed by atoms with Crippen molar-refractivity contribution in [3.63, 3.8) is 0 Å². The van der Waals surface area contributed by atoms with Crippen molar-refractivity contribution in [3.8, 4) is 0 Å². The van der Waals surface area contributed by atoms with E-state index in [-0.39, 0.29) is 11.5 Å². The second-order valence-corrected chi connectivity index (χ2v) is 11.0. The van der Waals surface area contributed by atoms with Gasteiger partial charge < -0.3 is 9.84 Å². The summed E-state index contributed by atoms with van der Waals surface area (Å²) in [5, 5.41) is 10.6. The summed E-state index contributed by atoms with van der Waals surface area (Å²) in [6, 6.07) is 10.6. The van der Waals surface area contributed by atoms with Crippen LogP contribution in [-0.2, 0) is 11.3 Å². The summed E-state index contributed by atoms with van der Waals surface area (Å²) in [4.78, 5) is 0.